The monoisotopic (exact) mass is 267 g/mol. The van der Waals surface area contributed by atoms with Crippen molar-refractivity contribution in [2.24, 2.45) is 0 Å². The van der Waals surface area contributed by atoms with Crippen molar-refractivity contribution in [1.82, 2.24) is 14.7 Å². The molecule has 5 nitrogen and oxygen atoms in total. The van der Waals surface area contributed by atoms with E-state index in [1.54, 1.807) is 0 Å². The van der Waals surface area contributed by atoms with Crippen LogP contribution in [0.5, 0.6) is 0 Å². The van der Waals surface area contributed by atoms with Crippen LogP contribution in [0.2, 0.25) is 0 Å². The van der Waals surface area contributed by atoms with Crippen molar-refractivity contribution in [1.29, 1.82) is 0 Å². The first kappa shape index (κ1) is 13.2. The lowest BCUT2D eigenvalue weighted by Gasteiger charge is -2.33. The van der Waals surface area contributed by atoms with Gasteiger partial charge >= 0.3 is 6.03 Å². The Labute approximate surface area is 115 Å². The molecule has 0 bridgehead atoms. The lowest BCUT2D eigenvalue weighted by molar-refractivity contribution is 0.0443. The maximum Gasteiger partial charge on any atom is 0.320 e. The average molecular weight is 267 g/mol. The minimum absolute atomic E-state index is 0.225. The third kappa shape index (κ3) is 3.03. The van der Waals surface area contributed by atoms with Crippen LogP contribution in [-0.2, 0) is 4.74 Å². The topological polar surface area (TPSA) is 36.0 Å². The number of nitrogens with zero attached hydrogens (tertiary/aromatic N) is 3. The largest absolute Gasteiger partial charge is 0.378 e. The molecule has 3 fully saturated rings. The van der Waals surface area contributed by atoms with E-state index >= 15 is 0 Å². The number of carbonyl (C=O) groups excluding carboxylic acids is 1. The zero-order chi connectivity index (χ0) is 13.1. The van der Waals surface area contributed by atoms with E-state index in [1.807, 2.05) is 9.80 Å². The highest BCUT2D eigenvalue weighted by atomic mass is 16.5. The Balaban J connectivity index is 1.51. The number of hydrogen-bond donors (Lipinski definition) is 0. The Morgan fingerprint density at radius 3 is 2.37 bits per heavy atom. The zero-order valence-corrected chi connectivity index (χ0v) is 11.7. The van der Waals surface area contributed by atoms with Crippen LogP contribution >= 0.6 is 0 Å². The molecule has 0 aromatic rings. The predicted molar refractivity (Wildman–Crippen MR) is 73.2 cm³/mol. The second-order valence-corrected chi connectivity index (χ2v) is 5.87. The molecule has 108 valence electrons. The summed E-state index contributed by atoms with van der Waals surface area (Å²) in [6.45, 7) is 7.19. The number of morpholine rings is 1. The normalized spacial score (nSPS) is 29.8. The van der Waals surface area contributed by atoms with Gasteiger partial charge in [-0.3, -0.25) is 4.90 Å². The number of ether oxygens (including phenoxy) is 1. The summed E-state index contributed by atoms with van der Waals surface area (Å²) in [5, 5.41) is 0. The number of carbonyl (C=O) groups is 1. The summed E-state index contributed by atoms with van der Waals surface area (Å²) in [4.78, 5) is 19.0. The van der Waals surface area contributed by atoms with E-state index in [0.29, 0.717) is 19.3 Å². The molecule has 5 heteroatoms. The molecule has 0 saturated carbocycles. The molecule has 0 aromatic carbocycles. The minimum atomic E-state index is 0.225. The molecule has 1 unspecified atom stereocenters. The second kappa shape index (κ2) is 6.09. The fourth-order valence-electron chi connectivity index (χ4n) is 3.45. The maximum atomic E-state index is 12.4. The fourth-order valence-corrected chi connectivity index (χ4v) is 3.45. The number of piperidine rings is 1. The molecule has 19 heavy (non-hydrogen) atoms. The lowest BCUT2D eigenvalue weighted by Crippen LogP contribution is -2.48. The number of hydrogen-bond acceptors (Lipinski definition) is 3. The van der Waals surface area contributed by atoms with Crippen LogP contribution < -0.4 is 0 Å². The van der Waals surface area contributed by atoms with Crippen LogP contribution in [-0.4, -0.2) is 79.3 Å². The van der Waals surface area contributed by atoms with Gasteiger partial charge < -0.3 is 14.5 Å². The molecule has 0 radical (unpaired) electrons. The van der Waals surface area contributed by atoms with Crippen molar-refractivity contribution in [3.63, 3.8) is 0 Å². The standard InChI is InChI=1S/C14H25N3O2/c18-14(16-8-10-19-11-9-16)17-7-4-13(12-17)15-5-2-1-3-6-15/h13H,1-12H2. The van der Waals surface area contributed by atoms with Crippen molar-refractivity contribution in [3.8, 4) is 0 Å². The van der Waals surface area contributed by atoms with Gasteiger partial charge in [-0.15, -0.1) is 0 Å². The van der Waals surface area contributed by atoms with Crippen LogP contribution in [0.15, 0.2) is 0 Å². The van der Waals surface area contributed by atoms with Gasteiger partial charge in [0.1, 0.15) is 0 Å². The molecule has 3 saturated heterocycles. The summed E-state index contributed by atoms with van der Waals surface area (Å²) < 4.78 is 5.31. The van der Waals surface area contributed by atoms with Gasteiger partial charge in [0.15, 0.2) is 0 Å². The number of urea groups is 1. The van der Waals surface area contributed by atoms with Crippen LogP contribution in [0.3, 0.4) is 0 Å². The molecule has 3 aliphatic heterocycles. The van der Waals surface area contributed by atoms with Gasteiger partial charge in [0.25, 0.3) is 0 Å². The molecule has 0 aromatic heterocycles. The first-order valence-corrected chi connectivity index (χ1v) is 7.70. The first-order valence-electron chi connectivity index (χ1n) is 7.70. The third-order valence-electron chi connectivity index (χ3n) is 4.62. The summed E-state index contributed by atoms with van der Waals surface area (Å²) in [6.07, 6.45) is 5.18. The Hall–Kier alpha value is -0.810. The third-order valence-corrected chi connectivity index (χ3v) is 4.62. The molecule has 0 N–H and O–H groups in total. The van der Waals surface area contributed by atoms with Crippen LogP contribution in [0.1, 0.15) is 25.7 Å². The van der Waals surface area contributed by atoms with Gasteiger partial charge in [-0.1, -0.05) is 6.42 Å². The smallest absolute Gasteiger partial charge is 0.320 e. The highest BCUT2D eigenvalue weighted by Crippen LogP contribution is 2.21. The Morgan fingerprint density at radius 1 is 0.895 bits per heavy atom. The predicted octanol–water partition coefficient (Wildman–Crippen LogP) is 0.999. The van der Waals surface area contributed by atoms with Crippen LogP contribution in [0.4, 0.5) is 4.79 Å². The highest BCUT2D eigenvalue weighted by molar-refractivity contribution is 5.75. The Morgan fingerprint density at radius 2 is 1.63 bits per heavy atom. The van der Waals surface area contributed by atoms with Gasteiger partial charge in [0.2, 0.25) is 0 Å². The van der Waals surface area contributed by atoms with Crippen molar-refractivity contribution < 1.29 is 9.53 Å². The molecule has 2 amide bonds. The van der Waals surface area contributed by atoms with Crippen molar-refractivity contribution in [2.75, 3.05) is 52.5 Å². The molecule has 3 aliphatic rings. The molecule has 3 heterocycles. The van der Waals surface area contributed by atoms with E-state index < -0.39 is 0 Å². The Kier molecular flexibility index (Phi) is 4.23. The Bertz CT molecular complexity index is 312. The van der Waals surface area contributed by atoms with Crippen molar-refractivity contribution in [3.05, 3.63) is 0 Å². The van der Waals surface area contributed by atoms with E-state index in [2.05, 4.69) is 4.90 Å². The van der Waals surface area contributed by atoms with E-state index in [-0.39, 0.29) is 6.03 Å². The van der Waals surface area contributed by atoms with Crippen molar-refractivity contribution in [2.45, 2.75) is 31.7 Å². The molecular weight excluding hydrogens is 242 g/mol. The average Bonchev–Trinajstić information content (AvgIpc) is 2.98. The summed E-state index contributed by atoms with van der Waals surface area (Å²) in [5.74, 6) is 0. The number of amides is 2. The number of likely N-dealkylation sites (tertiary alicyclic amines) is 2. The lowest BCUT2D eigenvalue weighted by atomic mass is 10.1. The molecule has 1 atom stereocenters. The van der Waals surface area contributed by atoms with E-state index in [0.717, 1.165) is 32.6 Å². The maximum absolute atomic E-state index is 12.4. The summed E-state index contributed by atoms with van der Waals surface area (Å²) in [6, 6.07) is 0.827. The summed E-state index contributed by atoms with van der Waals surface area (Å²) in [5.41, 5.74) is 0. The second-order valence-electron chi connectivity index (χ2n) is 5.87. The van der Waals surface area contributed by atoms with E-state index in [1.165, 1.54) is 32.4 Å². The molecular formula is C14H25N3O2. The van der Waals surface area contributed by atoms with Gasteiger partial charge in [0.05, 0.1) is 13.2 Å². The van der Waals surface area contributed by atoms with E-state index in [4.69, 9.17) is 4.74 Å². The van der Waals surface area contributed by atoms with Crippen LogP contribution in [0, 0.1) is 0 Å². The van der Waals surface area contributed by atoms with Crippen molar-refractivity contribution >= 4 is 6.03 Å². The molecule has 3 rings (SSSR count). The summed E-state index contributed by atoms with van der Waals surface area (Å²) in [7, 11) is 0. The van der Waals surface area contributed by atoms with E-state index in [9.17, 15) is 4.79 Å². The SMILES string of the molecule is O=C(N1CCOCC1)N1CCC(N2CCCCC2)C1. The van der Waals surface area contributed by atoms with Crippen LogP contribution in [0.25, 0.3) is 0 Å². The first-order chi connectivity index (χ1) is 9.34. The quantitative estimate of drug-likeness (QED) is 0.711. The summed E-state index contributed by atoms with van der Waals surface area (Å²) >= 11 is 0. The minimum Gasteiger partial charge on any atom is -0.378 e. The zero-order valence-electron chi connectivity index (χ0n) is 11.7. The van der Waals surface area contributed by atoms with Gasteiger partial charge in [-0.05, 0) is 32.4 Å². The van der Waals surface area contributed by atoms with Gasteiger partial charge in [0, 0.05) is 32.2 Å². The van der Waals surface area contributed by atoms with Gasteiger partial charge in [-0.2, -0.15) is 0 Å². The highest BCUT2D eigenvalue weighted by Gasteiger charge is 2.33. The van der Waals surface area contributed by atoms with Gasteiger partial charge in [-0.25, -0.2) is 4.79 Å². The fraction of sp³-hybridized carbons (Fsp3) is 0.929. The number of rotatable bonds is 1. The molecule has 0 aliphatic carbocycles. The molecule has 0 spiro atoms.